The highest BCUT2D eigenvalue weighted by atomic mass is 32.1. The largest absolute Gasteiger partial charge is 0.353 e. The van der Waals surface area contributed by atoms with Crippen LogP contribution in [-0.4, -0.2) is 20.6 Å². The lowest BCUT2D eigenvalue weighted by atomic mass is 10.4. The number of imidazole rings is 1. The van der Waals surface area contributed by atoms with Gasteiger partial charge in [-0.25, -0.2) is 9.97 Å². The van der Waals surface area contributed by atoms with E-state index >= 15 is 0 Å². The number of aryl methyl sites for hydroxylation is 3. The Morgan fingerprint density at radius 2 is 2.29 bits per heavy atom. The summed E-state index contributed by atoms with van der Waals surface area (Å²) in [5.74, 6) is 0.953. The summed E-state index contributed by atoms with van der Waals surface area (Å²) < 4.78 is 2.16. The maximum atomic E-state index is 4.49. The molecule has 4 nitrogen and oxygen atoms in total. The second-order valence-electron chi connectivity index (χ2n) is 4.37. The molecule has 2 heterocycles. The summed E-state index contributed by atoms with van der Waals surface area (Å²) >= 11 is 1.70. The van der Waals surface area contributed by atoms with Gasteiger partial charge in [0.05, 0.1) is 10.7 Å². The first-order valence-electron chi connectivity index (χ1n) is 5.84. The number of hydrogen-bond donors (Lipinski definition) is 1. The average Bonchev–Trinajstić information content (AvgIpc) is 2.84. The van der Waals surface area contributed by atoms with Gasteiger partial charge in [-0.2, -0.15) is 0 Å². The normalized spacial score (nSPS) is 11.1. The molecule has 0 saturated heterocycles. The van der Waals surface area contributed by atoms with Gasteiger partial charge in [-0.15, -0.1) is 11.3 Å². The van der Waals surface area contributed by atoms with Crippen molar-refractivity contribution in [3.05, 3.63) is 28.5 Å². The van der Waals surface area contributed by atoms with E-state index in [1.54, 1.807) is 11.3 Å². The standard InChI is InChI=1S/C12H18N4S/c1-9(2)14-12-15-10(3)8-16(12)6-4-11-13-5-7-17-11/h5,7-9H,4,6H2,1-3H3,(H,14,15). The number of aromatic nitrogens is 3. The van der Waals surface area contributed by atoms with Crippen LogP contribution in [0.4, 0.5) is 5.95 Å². The minimum absolute atomic E-state index is 0.399. The van der Waals surface area contributed by atoms with Gasteiger partial charge in [0.25, 0.3) is 0 Å². The Morgan fingerprint density at radius 1 is 1.47 bits per heavy atom. The maximum Gasteiger partial charge on any atom is 0.203 e. The van der Waals surface area contributed by atoms with Crippen LogP contribution in [0.5, 0.6) is 0 Å². The summed E-state index contributed by atoms with van der Waals surface area (Å²) in [6, 6.07) is 0.399. The first-order valence-corrected chi connectivity index (χ1v) is 6.72. The van der Waals surface area contributed by atoms with E-state index in [9.17, 15) is 0 Å². The molecular formula is C12H18N4S. The molecule has 0 aliphatic heterocycles. The number of nitrogens with zero attached hydrogens (tertiary/aromatic N) is 3. The molecule has 2 aromatic rings. The molecule has 0 aliphatic rings. The number of hydrogen-bond acceptors (Lipinski definition) is 4. The maximum absolute atomic E-state index is 4.49. The Bertz CT molecular complexity index is 459. The van der Waals surface area contributed by atoms with Gasteiger partial charge in [0.2, 0.25) is 5.95 Å². The number of rotatable bonds is 5. The molecule has 2 aromatic heterocycles. The third-order valence-corrected chi connectivity index (χ3v) is 3.20. The molecule has 0 radical (unpaired) electrons. The predicted molar refractivity (Wildman–Crippen MR) is 71.5 cm³/mol. The SMILES string of the molecule is Cc1cn(CCc2nccs2)c(NC(C)C)n1. The number of nitrogens with one attached hydrogen (secondary N) is 1. The molecule has 0 spiro atoms. The summed E-state index contributed by atoms with van der Waals surface area (Å²) in [7, 11) is 0. The molecule has 0 atom stereocenters. The van der Waals surface area contributed by atoms with Crippen molar-refractivity contribution in [2.45, 2.75) is 39.8 Å². The molecule has 0 aliphatic carbocycles. The second-order valence-corrected chi connectivity index (χ2v) is 5.35. The van der Waals surface area contributed by atoms with Crippen LogP contribution < -0.4 is 5.32 Å². The highest BCUT2D eigenvalue weighted by Crippen LogP contribution is 2.12. The molecule has 2 rings (SSSR count). The molecule has 0 fully saturated rings. The fraction of sp³-hybridized carbons (Fsp3) is 0.500. The molecular weight excluding hydrogens is 232 g/mol. The molecule has 0 unspecified atom stereocenters. The first kappa shape index (κ1) is 12.1. The van der Waals surface area contributed by atoms with Crippen LogP contribution in [0.3, 0.4) is 0 Å². The van der Waals surface area contributed by atoms with Gasteiger partial charge >= 0.3 is 0 Å². The molecule has 0 bridgehead atoms. The monoisotopic (exact) mass is 250 g/mol. The van der Waals surface area contributed by atoms with Gasteiger partial charge in [-0.1, -0.05) is 0 Å². The topological polar surface area (TPSA) is 42.7 Å². The van der Waals surface area contributed by atoms with Crippen molar-refractivity contribution < 1.29 is 0 Å². The van der Waals surface area contributed by atoms with E-state index in [2.05, 4.69) is 39.9 Å². The fourth-order valence-electron chi connectivity index (χ4n) is 1.68. The van der Waals surface area contributed by atoms with Crippen molar-refractivity contribution >= 4 is 17.3 Å². The molecule has 17 heavy (non-hydrogen) atoms. The average molecular weight is 250 g/mol. The van der Waals surface area contributed by atoms with Crippen molar-refractivity contribution in [3.63, 3.8) is 0 Å². The van der Waals surface area contributed by atoms with Crippen LogP contribution in [0.25, 0.3) is 0 Å². The minimum atomic E-state index is 0.399. The van der Waals surface area contributed by atoms with Crippen molar-refractivity contribution in [2.75, 3.05) is 5.32 Å². The molecule has 92 valence electrons. The van der Waals surface area contributed by atoms with Crippen LogP contribution in [0.1, 0.15) is 24.5 Å². The van der Waals surface area contributed by atoms with Crippen LogP contribution in [0.15, 0.2) is 17.8 Å². The van der Waals surface area contributed by atoms with E-state index in [0.717, 1.165) is 24.6 Å². The van der Waals surface area contributed by atoms with E-state index in [-0.39, 0.29) is 0 Å². The van der Waals surface area contributed by atoms with Gasteiger partial charge in [0.15, 0.2) is 0 Å². The molecule has 1 N–H and O–H groups in total. The van der Waals surface area contributed by atoms with E-state index < -0.39 is 0 Å². The lowest BCUT2D eigenvalue weighted by molar-refractivity contribution is 0.689. The van der Waals surface area contributed by atoms with Crippen LogP contribution >= 0.6 is 11.3 Å². The van der Waals surface area contributed by atoms with Gasteiger partial charge in [0.1, 0.15) is 0 Å². The van der Waals surface area contributed by atoms with Crippen LogP contribution in [-0.2, 0) is 13.0 Å². The third kappa shape index (κ3) is 3.30. The van der Waals surface area contributed by atoms with Crippen molar-refractivity contribution in [1.82, 2.24) is 14.5 Å². The Balaban J connectivity index is 2.04. The van der Waals surface area contributed by atoms with Crippen molar-refractivity contribution in [2.24, 2.45) is 0 Å². The summed E-state index contributed by atoms with van der Waals surface area (Å²) in [5, 5.41) is 6.55. The van der Waals surface area contributed by atoms with Crippen molar-refractivity contribution in [1.29, 1.82) is 0 Å². The molecule has 0 amide bonds. The van der Waals surface area contributed by atoms with Gasteiger partial charge in [0, 0.05) is 36.8 Å². The molecule has 0 saturated carbocycles. The quantitative estimate of drug-likeness (QED) is 0.887. The highest BCUT2D eigenvalue weighted by Gasteiger charge is 2.07. The fourth-order valence-corrected chi connectivity index (χ4v) is 2.29. The van der Waals surface area contributed by atoms with Gasteiger partial charge in [-0.05, 0) is 20.8 Å². The lowest BCUT2D eigenvalue weighted by Gasteiger charge is -2.11. The first-order chi connectivity index (χ1) is 8.15. The number of anilines is 1. The van der Waals surface area contributed by atoms with Crippen LogP contribution in [0.2, 0.25) is 0 Å². The zero-order valence-corrected chi connectivity index (χ0v) is 11.3. The summed E-state index contributed by atoms with van der Waals surface area (Å²) in [5.41, 5.74) is 1.05. The molecule has 0 aromatic carbocycles. The van der Waals surface area contributed by atoms with E-state index in [1.807, 2.05) is 18.5 Å². The summed E-state index contributed by atoms with van der Waals surface area (Å²) in [4.78, 5) is 8.78. The Morgan fingerprint density at radius 3 is 2.94 bits per heavy atom. The van der Waals surface area contributed by atoms with Gasteiger partial charge < -0.3 is 9.88 Å². The Kier molecular flexibility index (Phi) is 3.78. The zero-order chi connectivity index (χ0) is 12.3. The summed E-state index contributed by atoms with van der Waals surface area (Å²) in [6.45, 7) is 7.18. The minimum Gasteiger partial charge on any atom is -0.353 e. The van der Waals surface area contributed by atoms with Crippen LogP contribution in [0, 0.1) is 6.92 Å². The number of thiazole rings is 1. The third-order valence-electron chi connectivity index (χ3n) is 2.36. The molecule has 5 heteroatoms. The second kappa shape index (κ2) is 5.31. The Hall–Kier alpha value is -1.36. The van der Waals surface area contributed by atoms with Crippen molar-refractivity contribution in [3.8, 4) is 0 Å². The lowest BCUT2D eigenvalue weighted by Crippen LogP contribution is -2.15. The summed E-state index contributed by atoms with van der Waals surface area (Å²) in [6.07, 6.45) is 4.89. The van der Waals surface area contributed by atoms with E-state index in [4.69, 9.17) is 0 Å². The highest BCUT2D eigenvalue weighted by molar-refractivity contribution is 7.09. The predicted octanol–water partition coefficient (Wildman–Crippen LogP) is 2.71. The smallest absolute Gasteiger partial charge is 0.203 e. The Labute approximate surface area is 106 Å². The zero-order valence-electron chi connectivity index (χ0n) is 10.5. The van der Waals surface area contributed by atoms with Gasteiger partial charge in [-0.3, -0.25) is 0 Å². The van der Waals surface area contributed by atoms with E-state index in [0.29, 0.717) is 6.04 Å². The van der Waals surface area contributed by atoms with E-state index in [1.165, 1.54) is 5.01 Å².